The van der Waals surface area contributed by atoms with Gasteiger partial charge in [-0.05, 0) is 29.8 Å². The second kappa shape index (κ2) is 8.62. The summed E-state index contributed by atoms with van der Waals surface area (Å²) in [6.07, 6.45) is 3.06. The molecule has 5 nitrogen and oxygen atoms in total. The van der Waals surface area contributed by atoms with Crippen molar-refractivity contribution in [1.29, 1.82) is 0 Å². The van der Waals surface area contributed by atoms with Crippen molar-refractivity contribution in [2.75, 3.05) is 12.4 Å². The number of hydrogen-bond donors (Lipinski definition) is 1. The first-order valence-electron chi connectivity index (χ1n) is 7.94. The molecule has 0 bridgehead atoms. The van der Waals surface area contributed by atoms with E-state index in [1.807, 2.05) is 23.6 Å². The monoisotopic (exact) mass is 398 g/mol. The summed E-state index contributed by atoms with van der Waals surface area (Å²) in [6.45, 7) is 0. The number of esters is 1. The number of thiazole rings is 1. The zero-order valence-electron chi connectivity index (χ0n) is 14.3. The van der Waals surface area contributed by atoms with Crippen LogP contribution in [-0.4, -0.2) is 24.0 Å². The summed E-state index contributed by atoms with van der Waals surface area (Å²) in [5.74, 6) is -0.685. The van der Waals surface area contributed by atoms with Crippen LogP contribution in [0.15, 0.2) is 60.0 Å². The lowest BCUT2D eigenvalue weighted by Crippen LogP contribution is -2.07. The highest BCUT2D eigenvalue weighted by Gasteiger charge is 2.09. The number of carbonyl (C=O) groups excluding carboxylic acids is 2. The minimum absolute atomic E-state index is 0.295. The van der Waals surface area contributed by atoms with Gasteiger partial charge in [-0.2, -0.15) is 0 Å². The molecule has 7 heteroatoms. The Morgan fingerprint density at radius 3 is 2.59 bits per heavy atom. The second-order valence-electron chi connectivity index (χ2n) is 5.45. The van der Waals surface area contributed by atoms with E-state index < -0.39 is 5.97 Å². The van der Waals surface area contributed by atoms with Crippen LogP contribution in [0.3, 0.4) is 0 Å². The van der Waals surface area contributed by atoms with Gasteiger partial charge in [0, 0.05) is 22.0 Å². The van der Waals surface area contributed by atoms with Gasteiger partial charge in [-0.25, -0.2) is 9.78 Å². The summed E-state index contributed by atoms with van der Waals surface area (Å²) in [4.78, 5) is 27.9. The molecule has 0 atom stereocenters. The molecule has 0 unspecified atom stereocenters. The number of rotatable bonds is 5. The van der Waals surface area contributed by atoms with Crippen LogP contribution >= 0.6 is 22.9 Å². The van der Waals surface area contributed by atoms with E-state index in [4.69, 9.17) is 11.6 Å². The Morgan fingerprint density at radius 2 is 1.89 bits per heavy atom. The van der Waals surface area contributed by atoms with Crippen molar-refractivity contribution in [3.63, 3.8) is 0 Å². The van der Waals surface area contributed by atoms with Crippen LogP contribution in [0, 0.1) is 0 Å². The van der Waals surface area contributed by atoms with Gasteiger partial charge >= 0.3 is 5.97 Å². The van der Waals surface area contributed by atoms with Gasteiger partial charge in [-0.3, -0.25) is 10.1 Å². The predicted molar refractivity (Wildman–Crippen MR) is 108 cm³/mol. The predicted octanol–water partition coefficient (Wildman–Crippen LogP) is 4.90. The van der Waals surface area contributed by atoms with Crippen molar-refractivity contribution < 1.29 is 14.3 Å². The summed E-state index contributed by atoms with van der Waals surface area (Å²) in [7, 11) is 1.34. The van der Waals surface area contributed by atoms with Gasteiger partial charge in [0.15, 0.2) is 5.13 Å². The summed E-state index contributed by atoms with van der Waals surface area (Å²) in [6, 6.07) is 14.2. The molecule has 1 amide bonds. The lowest BCUT2D eigenvalue weighted by molar-refractivity contribution is -0.111. The summed E-state index contributed by atoms with van der Waals surface area (Å²) in [5.41, 5.74) is 2.78. The van der Waals surface area contributed by atoms with E-state index >= 15 is 0 Å². The maximum Gasteiger partial charge on any atom is 0.337 e. The van der Waals surface area contributed by atoms with Gasteiger partial charge in [-0.1, -0.05) is 41.9 Å². The van der Waals surface area contributed by atoms with Gasteiger partial charge in [0.25, 0.3) is 0 Å². The first kappa shape index (κ1) is 18.8. The quantitative estimate of drug-likeness (QED) is 0.490. The number of anilines is 1. The number of hydrogen-bond acceptors (Lipinski definition) is 5. The molecule has 0 saturated carbocycles. The normalized spacial score (nSPS) is 10.7. The van der Waals surface area contributed by atoms with Crippen molar-refractivity contribution in [2.45, 2.75) is 0 Å². The number of aromatic nitrogens is 1. The molecule has 0 aliphatic heterocycles. The molecule has 0 spiro atoms. The van der Waals surface area contributed by atoms with Crippen molar-refractivity contribution >= 4 is 46.0 Å². The first-order chi connectivity index (χ1) is 13.1. The lowest BCUT2D eigenvalue weighted by atomic mass is 10.1. The van der Waals surface area contributed by atoms with Crippen molar-refractivity contribution in [3.8, 4) is 11.3 Å². The average molecular weight is 399 g/mol. The van der Waals surface area contributed by atoms with Crippen LogP contribution in [0.2, 0.25) is 5.02 Å². The van der Waals surface area contributed by atoms with Gasteiger partial charge in [0.2, 0.25) is 5.91 Å². The molecule has 0 aliphatic carbocycles. The Labute approximate surface area is 165 Å². The molecule has 0 fully saturated rings. The number of ether oxygens (including phenoxy) is 1. The zero-order valence-corrected chi connectivity index (χ0v) is 15.9. The Bertz CT molecular complexity index is 996. The lowest BCUT2D eigenvalue weighted by Gasteiger charge is -2.01. The van der Waals surface area contributed by atoms with Gasteiger partial charge < -0.3 is 4.74 Å². The van der Waals surface area contributed by atoms with Crippen LogP contribution in [-0.2, 0) is 9.53 Å². The summed E-state index contributed by atoms with van der Waals surface area (Å²) in [5, 5.41) is 5.62. The molecule has 3 rings (SSSR count). The van der Waals surface area contributed by atoms with E-state index in [9.17, 15) is 9.59 Å². The Kier molecular flexibility index (Phi) is 6.01. The second-order valence-corrected chi connectivity index (χ2v) is 6.72. The van der Waals surface area contributed by atoms with E-state index in [0.717, 1.165) is 11.1 Å². The molecule has 3 aromatic rings. The van der Waals surface area contributed by atoms with Gasteiger partial charge in [-0.15, -0.1) is 11.3 Å². The molecule has 2 aromatic carbocycles. The van der Waals surface area contributed by atoms with Crippen molar-refractivity contribution in [2.24, 2.45) is 0 Å². The molecule has 0 aliphatic rings. The number of halogens is 1. The minimum atomic E-state index is -0.391. The third-order valence-corrected chi connectivity index (χ3v) is 4.76. The maximum absolute atomic E-state index is 12.1. The molecular weight excluding hydrogens is 384 g/mol. The van der Waals surface area contributed by atoms with Crippen LogP contribution in [0.5, 0.6) is 0 Å². The highest BCUT2D eigenvalue weighted by molar-refractivity contribution is 7.14. The number of nitrogens with zero attached hydrogens (tertiary/aromatic N) is 1. The Morgan fingerprint density at radius 1 is 1.15 bits per heavy atom. The highest BCUT2D eigenvalue weighted by Crippen LogP contribution is 2.25. The van der Waals surface area contributed by atoms with E-state index in [-0.39, 0.29) is 5.91 Å². The molecule has 27 heavy (non-hydrogen) atoms. The van der Waals surface area contributed by atoms with Crippen LogP contribution in [0.1, 0.15) is 15.9 Å². The fourth-order valence-corrected chi connectivity index (χ4v) is 3.20. The number of nitrogens with one attached hydrogen (secondary N) is 1. The van der Waals surface area contributed by atoms with Gasteiger partial charge in [0.1, 0.15) is 0 Å². The van der Waals surface area contributed by atoms with Crippen LogP contribution in [0.4, 0.5) is 5.13 Å². The minimum Gasteiger partial charge on any atom is -0.465 e. The fraction of sp³-hybridized carbons (Fsp3) is 0.0500. The maximum atomic E-state index is 12.1. The molecule has 136 valence electrons. The molecule has 0 radical (unpaired) electrons. The first-order valence-corrected chi connectivity index (χ1v) is 9.20. The molecule has 1 heterocycles. The van der Waals surface area contributed by atoms with E-state index in [1.165, 1.54) is 24.5 Å². The molecule has 0 saturated heterocycles. The number of amides is 1. The topological polar surface area (TPSA) is 68.3 Å². The largest absolute Gasteiger partial charge is 0.465 e. The van der Waals surface area contributed by atoms with E-state index in [0.29, 0.717) is 21.4 Å². The summed E-state index contributed by atoms with van der Waals surface area (Å²) < 4.78 is 4.68. The van der Waals surface area contributed by atoms with Crippen LogP contribution in [0.25, 0.3) is 17.3 Å². The Hall–Kier alpha value is -2.96. The van der Waals surface area contributed by atoms with Crippen LogP contribution < -0.4 is 5.32 Å². The number of benzene rings is 2. The molecule has 1 N–H and O–H groups in total. The fourth-order valence-electron chi connectivity index (χ4n) is 2.28. The third-order valence-electron chi connectivity index (χ3n) is 3.66. The summed E-state index contributed by atoms with van der Waals surface area (Å²) >= 11 is 7.37. The average Bonchev–Trinajstić information content (AvgIpc) is 3.15. The van der Waals surface area contributed by atoms with E-state index in [1.54, 1.807) is 36.4 Å². The smallest absolute Gasteiger partial charge is 0.337 e. The third kappa shape index (κ3) is 4.81. The van der Waals surface area contributed by atoms with E-state index in [2.05, 4.69) is 15.0 Å². The zero-order chi connectivity index (χ0) is 19.2. The SMILES string of the molecule is COC(=O)c1ccc(-c2csc(NC(=O)/C=C/c3ccccc3Cl)n2)cc1. The van der Waals surface area contributed by atoms with Crippen molar-refractivity contribution in [3.05, 3.63) is 76.1 Å². The number of methoxy groups -OCH3 is 1. The highest BCUT2D eigenvalue weighted by atomic mass is 35.5. The Balaban J connectivity index is 1.66. The molecular formula is C20H15ClN2O3S. The number of carbonyl (C=O) groups is 2. The molecule has 1 aromatic heterocycles. The standard InChI is InChI=1S/C20H15ClN2O3S/c1-26-19(25)15-8-6-14(7-9-15)17-12-27-20(22-17)23-18(24)11-10-13-4-2-3-5-16(13)21/h2-12H,1H3,(H,22,23,24)/b11-10+. The van der Waals surface area contributed by atoms with Crippen molar-refractivity contribution in [1.82, 2.24) is 4.98 Å². The van der Waals surface area contributed by atoms with Gasteiger partial charge in [0.05, 0.1) is 18.4 Å².